The van der Waals surface area contributed by atoms with Gasteiger partial charge in [0.15, 0.2) is 5.13 Å². The van der Waals surface area contributed by atoms with Gasteiger partial charge in [0.25, 0.3) is 0 Å². The molecular formula is C22H24ClN3O2S. The van der Waals surface area contributed by atoms with Gasteiger partial charge in [0.05, 0.1) is 16.8 Å². The van der Waals surface area contributed by atoms with Crippen LogP contribution in [-0.4, -0.2) is 48.8 Å². The highest BCUT2D eigenvalue weighted by Gasteiger charge is 2.22. The third-order valence-corrected chi connectivity index (χ3v) is 6.54. The van der Waals surface area contributed by atoms with Crippen molar-refractivity contribution in [3.63, 3.8) is 0 Å². The van der Waals surface area contributed by atoms with E-state index < -0.39 is 0 Å². The number of hydrogen-bond acceptors (Lipinski definition) is 5. The molecule has 152 valence electrons. The van der Waals surface area contributed by atoms with Gasteiger partial charge in [0.1, 0.15) is 0 Å². The maximum atomic E-state index is 12.5. The largest absolute Gasteiger partial charge is 0.449 e. The summed E-state index contributed by atoms with van der Waals surface area (Å²) in [6.45, 7) is 5.45. The summed E-state index contributed by atoms with van der Waals surface area (Å²) < 4.78 is 6.63. The Kier molecular flexibility index (Phi) is 6.21. The molecule has 1 saturated heterocycles. The topological polar surface area (TPSA) is 45.7 Å². The zero-order valence-electron chi connectivity index (χ0n) is 16.4. The number of nitrogens with zero attached hydrogens (tertiary/aromatic N) is 3. The number of amides is 1. The van der Waals surface area contributed by atoms with Crippen molar-refractivity contribution in [1.29, 1.82) is 0 Å². The molecule has 2 aromatic carbocycles. The van der Waals surface area contributed by atoms with Crippen LogP contribution in [0.3, 0.4) is 0 Å². The van der Waals surface area contributed by atoms with E-state index in [1.165, 1.54) is 11.1 Å². The number of benzene rings is 2. The van der Waals surface area contributed by atoms with Crippen LogP contribution < -0.4 is 4.90 Å². The van der Waals surface area contributed by atoms with Crippen LogP contribution in [0.5, 0.6) is 0 Å². The molecule has 0 unspecified atom stereocenters. The Balaban J connectivity index is 1.32. The summed E-state index contributed by atoms with van der Waals surface area (Å²) in [6.07, 6.45) is 1.41. The van der Waals surface area contributed by atoms with Gasteiger partial charge >= 0.3 is 6.09 Å². The zero-order chi connectivity index (χ0) is 20.2. The van der Waals surface area contributed by atoms with E-state index in [0.29, 0.717) is 19.7 Å². The van der Waals surface area contributed by atoms with E-state index in [2.05, 4.69) is 24.0 Å². The molecule has 7 heteroatoms. The van der Waals surface area contributed by atoms with E-state index in [0.717, 1.165) is 46.3 Å². The van der Waals surface area contributed by atoms with Crippen molar-refractivity contribution in [2.45, 2.75) is 19.8 Å². The Morgan fingerprint density at radius 3 is 2.90 bits per heavy atom. The molecule has 0 aliphatic carbocycles. The van der Waals surface area contributed by atoms with E-state index in [4.69, 9.17) is 21.3 Å². The van der Waals surface area contributed by atoms with Gasteiger partial charge in [-0.3, -0.25) is 0 Å². The minimum absolute atomic E-state index is 0.225. The van der Waals surface area contributed by atoms with Gasteiger partial charge in [-0.25, -0.2) is 9.78 Å². The molecule has 0 radical (unpaired) electrons. The Morgan fingerprint density at radius 1 is 1.17 bits per heavy atom. The second-order valence-corrected chi connectivity index (χ2v) is 8.67. The first-order valence-corrected chi connectivity index (χ1v) is 11.1. The number of aryl methyl sites for hydroxylation is 1. The van der Waals surface area contributed by atoms with E-state index in [9.17, 15) is 4.79 Å². The van der Waals surface area contributed by atoms with Crippen LogP contribution in [0.4, 0.5) is 9.93 Å². The third-order valence-electron chi connectivity index (χ3n) is 5.22. The minimum Gasteiger partial charge on any atom is -0.449 e. The lowest BCUT2D eigenvalue weighted by Gasteiger charge is -2.21. The number of carbonyl (C=O) groups is 1. The van der Waals surface area contributed by atoms with Gasteiger partial charge in [-0.2, -0.15) is 0 Å². The summed E-state index contributed by atoms with van der Waals surface area (Å²) in [5, 5.41) is 1.71. The number of carbonyl (C=O) groups excluding carboxylic acids is 1. The maximum absolute atomic E-state index is 12.5. The van der Waals surface area contributed by atoms with Crippen LogP contribution in [0.1, 0.15) is 17.5 Å². The Morgan fingerprint density at radius 2 is 2.03 bits per heavy atom. The second kappa shape index (κ2) is 9.01. The minimum atomic E-state index is -0.225. The maximum Gasteiger partial charge on any atom is 0.409 e. The first kappa shape index (κ1) is 20.0. The number of hydrogen-bond donors (Lipinski definition) is 0. The van der Waals surface area contributed by atoms with Crippen LogP contribution in [0.25, 0.3) is 10.2 Å². The lowest BCUT2D eigenvalue weighted by Crippen LogP contribution is -2.35. The molecule has 1 fully saturated rings. The van der Waals surface area contributed by atoms with E-state index in [-0.39, 0.29) is 6.09 Å². The SMILES string of the molecule is Cc1ccccc1CCOC(=O)N1CCCN(c2nc3ccc(Cl)cc3s2)CC1. The summed E-state index contributed by atoms with van der Waals surface area (Å²) in [6, 6.07) is 14.0. The molecule has 0 N–H and O–H groups in total. The van der Waals surface area contributed by atoms with Crippen molar-refractivity contribution >= 4 is 44.4 Å². The smallest absolute Gasteiger partial charge is 0.409 e. The Labute approximate surface area is 179 Å². The van der Waals surface area contributed by atoms with Crippen molar-refractivity contribution < 1.29 is 9.53 Å². The van der Waals surface area contributed by atoms with Crippen molar-refractivity contribution in [3.8, 4) is 0 Å². The van der Waals surface area contributed by atoms with Gasteiger partial charge in [0.2, 0.25) is 0 Å². The summed E-state index contributed by atoms with van der Waals surface area (Å²) >= 11 is 7.74. The van der Waals surface area contributed by atoms with E-state index >= 15 is 0 Å². The zero-order valence-corrected chi connectivity index (χ0v) is 18.0. The van der Waals surface area contributed by atoms with Crippen molar-refractivity contribution in [2.75, 3.05) is 37.7 Å². The van der Waals surface area contributed by atoms with Crippen molar-refractivity contribution in [1.82, 2.24) is 9.88 Å². The van der Waals surface area contributed by atoms with Crippen molar-refractivity contribution in [2.24, 2.45) is 0 Å². The standard InChI is InChI=1S/C22H24ClN3O2S/c1-16-5-2-3-6-17(16)9-14-28-22(27)26-11-4-10-25(12-13-26)21-24-19-8-7-18(23)15-20(19)29-21/h2-3,5-8,15H,4,9-14H2,1H3. The molecular weight excluding hydrogens is 406 g/mol. The van der Waals surface area contributed by atoms with Crippen LogP contribution in [0.2, 0.25) is 5.02 Å². The molecule has 5 nitrogen and oxygen atoms in total. The number of thiazole rings is 1. The predicted molar refractivity (Wildman–Crippen MR) is 119 cm³/mol. The predicted octanol–water partition coefficient (Wildman–Crippen LogP) is 5.15. The van der Waals surface area contributed by atoms with E-state index in [1.807, 2.05) is 35.2 Å². The van der Waals surface area contributed by atoms with Crippen molar-refractivity contribution in [3.05, 3.63) is 58.6 Å². The number of fused-ring (bicyclic) bond motifs is 1. The molecule has 0 saturated carbocycles. The van der Waals surface area contributed by atoms with Crippen LogP contribution in [0, 0.1) is 6.92 Å². The number of rotatable bonds is 4. The highest BCUT2D eigenvalue weighted by molar-refractivity contribution is 7.22. The molecule has 4 rings (SSSR count). The van der Waals surface area contributed by atoms with Gasteiger partial charge in [-0.15, -0.1) is 0 Å². The van der Waals surface area contributed by atoms with Gasteiger partial charge in [-0.1, -0.05) is 47.2 Å². The fourth-order valence-electron chi connectivity index (χ4n) is 3.54. The molecule has 2 heterocycles. The molecule has 1 aliphatic heterocycles. The lowest BCUT2D eigenvalue weighted by atomic mass is 10.1. The molecule has 0 atom stereocenters. The lowest BCUT2D eigenvalue weighted by molar-refractivity contribution is 0.106. The quantitative estimate of drug-likeness (QED) is 0.575. The van der Waals surface area contributed by atoms with Crippen LogP contribution >= 0.6 is 22.9 Å². The van der Waals surface area contributed by atoms with Crippen LogP contribution in [-0.2, 0) is 11.2 Å². The fraction of sp³-hybridized carbons (Fsp3) is 0.364. The number of aromatic nitrogens is 1. The Hall–Kier alpha value is -2.31. The summed E-state index contributed by atoms with van der Waals surface area (Å²) in [4.78, 5) is 21.3. The third kappa shape index (κ3) is 4.82. The Bertz CT molecular complexity index is 1010. The van der Waals surface area contributed by atoms with Gasteiger partial charge in [0, 0.05) is 37.6 Å². The average molecular weight is 430 g/mol. The summed E-state index contributed by atoms with van der Waals surface area (Å²) in [5.41, 5.74) is 3.41. The number of ether oxygens (including phenoxy) is 1. The normalized spacial score (nSPS) is 14.8. The fourth-order valence-corrected chi connectivity index (χ4v) is 4.84. The average Bonchev–Trinajstić information content (AvgIpc) is 2.96. The van der Waals surface area contributed by atoms with E-state index in [1.54, 1.807) is 11.3 Å². The molecule has 0 bridgehead atoms. The number of halogens is 1. The molecule has 1 amide bonds. The van der Waals surface area contributed by atoms with Gasteiger partial charge < -0.3 is 14.5 Å². The molecule has 1 aliphatic rings. The monoisotopic (exact) mass is 429 g/mol. The first-order valence-electron chi connectivity index (χ1n) is 9.87. The first-order chi connectivity index (χ1) is 14.1. The molecule has 1 aromatic heterocycles. The highest BCUT2D eigenvalue weighted by atomic mass is 35.5. The highest BCUT2D eigenvalue weighted by Crippen LogP contribution is 2.31. The molecule has 3 aromatic rings. The molecule has 0 spiro atoms. The molecule has 29 heavy (non-hydrogen) atoms. The summed E-state index contributed by atoms with van der Waals surface area (Å²) in [5.74, 6) is 0. The number of anilines is 1. The second-order valence-electron chi connectivity index (χ2n) is 7.23. The van der Waals surface area contributed by atoms with Crippen LogP contribution in [0.15, 0.2) is 42.5 Å². The summed E-state index contributed by atoms with van der Waals surface area (Å²) in [7, 11) is 0. The van der Waals surface area contributed by atoms with Gasteiger partial charge in [-0.05, 0) is 42.7 Å².